The first kappa shape index (κ1) is 18.7. The first-order chi connectivity index (χ1) is 13.0. The average molecular weight is 386 g/mol. The second-order valence-electron chi connectivity index (χ2n) is 5.69. The van der Waals surface area contributed by atoms with E-state index >= 15 is 0 Å². The fourth-order valence-corrected chi connectivity index (χ4v) is 3.40. The summed E-state index contributed by atoms with van der Waals surface area (Å²) in [6, 6.07) is 7.67. The molecule has 0 spiro atoms. The Morgan fingerprint density at radius 3 is 2.81 bits per heavy atom. The lowest BCUT2D eigenvalue weighted by molar-refractivity contribution is -0.113. The molecule has 0 aliphatic heterocycles. The third-order valence-electron chi connectivity index (χ3n) is 3.88. The summed E-state index contributed by atoms with van der Waals surface area (Å²) in [7, 11) is 1.62. The van der Waals surface area contributed by atoms with E-state index in [-0.39, 0.29) is 17.3 Å². The van der Waals surface area contributed by atoms with Crippen LogP contribution in [0.4, 0.5) is 5.69 Å². The Hall–Kier alpha value is -3.07. The minimum Gasteiger partial charge on any atom is -0.497 e. The van der Waals surface area contributed by atoms with Crippen molar-refractivity contribution in [3.63, 3.8) is 0 Å². The van der Waals surface area contributed by atoms with Crippen molar-refractivity contribution in [1.29, 1.82) is 0 Å². The van der Waals surface area contributed by atoms with Crippen LogP contribution in [0.25, 0.3) is 10.9 Å². The molecule has 140 valence electrons. The maximum absolute atomic E-state index is 12.1. The maximum atomic E-state index is 12.1. The molecule has 9 heteroatoms. The van der Waals surface area contributed by atoms with Crippen LogP contribution in [0.15, 0.2) is 45.1 Å². The zero-order chi connectivity index (χ0) is 19.4. The van der Waals surface area contributed by atoms with Gasteiger partial charge >= 0.3 is 5.69 Å². The van der Waals surface area contributed by atoms with E-state index in [0.717, 1.165) is 33.7 Å². The molecular formula is C18H18N4O4S. The van der Waals surface area contributed by atoms with Crippen LogP contribution in [0.5, 0.6) is 5.75 Å². The van der Waals surface area contributed by atoms with E-state index < -0.39 is 11.2 Å². The van der Waals surface area contributed by atoms with E-state index in [4.69, 9.17) is 4.74 Å². The normalized spacial score (nSPS) is 10.7. The predicted molar refractivity (Wildman–Crippen MR) is 105 cm³/mol. The SMILES string of the molecule is CCc1cc2cc(OC)ccc2nc1SCC(=O)Nc1c[nH]c(=O)[nH]c1=O. The zero-order valence-electron chi connectivity index (χ0n) is 14.8. The number of hydrogen-bond donors (Lipinski definition) is 3. The number of benzene rings is 1. The number of fused-ring (bicyclic) bond motifs is 1. The number of rotatable bonds is 6. The minimum atomic E-state index is -0.649. The first-order valence-electron chi connectivity index (χ1n) is 8.22. The topological polar surface area (TPSA) is 117 Å². The van der Waals surface area contributed by atoms with Crippen molar-refractivity contribution in [2.24, 2.45) is 0 Å². The third kappa shape index (κ3) is 4.37. The number of H-pyrrole nitrogens is 2. The Morgan fingerprint density at radius 2 is 2.11 bits per heavy atom. The van der Waals surface area contributed by atoms with E-state index in [2.05, 4.69) is 20.3 Å². The van der Waals surface area contributed by atoms with Crippen LogP contribution in [0.2, 0.25) is 0 Å². The van der Waals surface area contributed by atoms with E-state index in [1.807, 2.05) is 31.2 Å². The van der Waals surface area contributed by atoms with Crippen molar-refractivity contribution in [1.82, 2.24) is 15.0 Å². The number of thioether (sulfide) groups is 1. The van der Waals surface area contributed by atoms with Gasteiger partial charge in [-0.3, -0.25) is 14.6 Å². The monoisotopic (exact) mass is 386 g/mol. The van der Waals surface area contributed by atoms with Crippen molar-refractivity contribution < 1.29 is 9.53 Å². The van der Waals surface area contributed by atoms with Crippen molar-refractivity contribution >= 4 is 34.3 Å². The van der Waals surface area contributed by atoms with E-state index in [1.165, 1.54) is 18.0 Å². The summed E-state index contributed by atoms with van der Waals surface area (Å²) >= 11 is 1.29. The number of nitrogens with one attached hydrogen (secondary N) is 3. The molecule has 0 aliphatic carbocycles. The minimum absolute atomic E-state index is 0.00511. The van der Waals surface area contributed by atoms with Gasteiger partial charge in [0, 0.05) is 11.6 Å². The number of nitrogens with zero attached hydrogens (tertiary/aromatic N) is 1. The molecule has 0 saturated carbocycles. The van der Waals surface area contributed by atoms with Gasteiger partial charge in [-0.2, -0.15) is 0 Å². The number of anilines is 1. The zero-order valence-corrected chi connectivity index (χ0v) is 15.6. The molecule has 0 fully saturated rings. The molecule has 0 unspecified atom stereocenters. The van der Waals surface area contributed by atoms with Crippen molar-refractivity contribution in [3.05, 3.63) is 56.9 Å². The molecule has 1 amide bonds. The van der Waals surface area contributed by atoms with Crippen LogP contribution in [-0.2, 0) is 11.2 Å². The molecule has 3 N–H and O–H groups in total. The van der Waals surface area contributed by atoms with Gasteiger partial charge in [-0.25, -0.2) is 9.78 Å². The van der Waals surface area contributed by atoms with Gasteiger partial charge in [0.15, 0.2) is 0 Å². The molecule has 3 aromatic rings. The number of pyridine rings is 1. The summed E-state index contributed by atoms with van der Waals surface area (Å²) in [6.45, 7) is 2.02. The van der Waals surface area contributed by atoms with E-state index in [9.17, 15) is 14.4 Å². The highest BCUT2D eigenvalue weighted by Gasteiger charge is 2.11. The molecule has 3 rings (SSSR count). The van der Waals surface area contributed by atoms with Crippen LogP contribution in [-0.4, -0.2) is 33.7 Å². The fourth-order valence-electron chi connectivity index (χ4n) is 2.51. The van der Waals surface area contributed by atoms with E-state index in [0.29, 0.717) is 0 Å². The van der Waals surface area contributed by atoms with E-state index in [1.54, 1.807) is 7.11 Å². The molecular weight excluding hydrogens is 368 g/mol. The summed E-state index contributed by atoms with van der Waals surface area (Å²) in [6.07, 6.45) is 1.94. The van der Waals surface area contributed by atoms with Crippen LogP contribution in [0.3, 0.4) is 0 Å². The van der Waals surface area contributed by atoms with Gasteiger partial charge in [-0.1, -0.05) is 18.7 Å². The second-order valence-corrected chi connectivity index (χ2v) is 6.65. The Kier molecular flexibility index (Phi) is 5.60. The summed E-state index contributed by atoms with van der Waals surface area (Å²) in [4.78, 5) is 43.8. The number of amides is 1. The number of carbonyl (C=O) groups is 1. The van der Waals surface area contributed by atoms with Crippen molar-refractivity contribution in [3.8, 4) is 5.75 Å². The summed E-state index contributed by atoms with van der Waals surface area (Å²) in [5.41, 5.74) is 0.555. The number of aromatic nitrogens is 3. The average Bonchev–Trinajstić information content (AvgIpc) is 2.67. The van der Waals surface area contributed by atoms with Gasteiger partial charge in [-0.05, 0) is 36.2 Å². The summed E-state index contributed by atoms with van der Waals surface area (Å²) in [5, 5.41) is 4.22. The summed E-state index contributed by atoms with van der Waals surface area (Å²) < 4.78 is 5.24. The van der Waals surface area contributed by atoms with Gasteiger partial charge in [-0.15, -0.1) is 0 Å². The van der Waals surface area contributed by atoms with Gasteiger partial charge in [0.25, 0.3) is 5.56 Å². The largest absolute Gasteiger partial charge is 0.497 e. The van der Waals surface area contributed by atoms with Gasteiger partial charge in [0.1, 0.15) is 16.5 Å². The van der Waals surface area contributed by atoms with Crippen molar-refractivity contribution in [2.45, 2.75) is 18.4 Å². The summed E-state index contributed by atoms with van der Waals surface area (Å²) in [5.74, 6) is 0.480. The van der Waals surface area contributed by atoms with Crippen LogP contribution >= 0.6 is 11.8 Å². The molecule has 0 aliphatic rings. The van der Waals surface area contributed by atoms with Crippen molar-refractivity contribution in [2.75, 3.05) is 18.2 Å². The van der Waals surface area contributed by atoms with Gasteiger partial charge in [0.05, 0.1) is 18.4 Å². The lowest BCUT2D eigenvalue weighted by Crippen LogP contribution is -2.27. The highest BCUT2D eigenvalue weighted by atomic mass is 32.2. The molecule has 0 atom stereocenters. The quantitative estimate of drug-likeness (QED) is 0.557. The fraction of sp³-hybridized carbons (Fsp3) is 0.222. The van der Waals surface area contributed by atoms with Gasteiger partial charge < -0.3 is 15.0 Å². The predicted octanol–water partition coefficient (Wildman–Crippen LogP) is 1.91. The molecule has 27 heavy (non-hydrogen) atoms. The highest BCUT2D eigenvalue weighted by Crippen LogP contribution is 2.27. The Labute approximate surface area is 158 Å². The Morgan fingerprint density at radius 1 is 1.30 bits per heavy atom. The molecule has 0 bridgehead atoms. The molecule has 8 nitrogen and oxygen atoms in total. The molecule has 0 radical (unpaired) electrons. The smallest absolute Gasteiger partial charge is 0.325 e. The maximum Gasteiger partial charge on any atom is 0.325 e. The van der Waals surface area contributed by atoms with Gasteiger partial charge in [0.2, 0.25) is 5.91 Å². The number of ether oxygens (including phenoxy) is 1. The standard InChI is InChI=1S/C18H18N4O4S/c1-3-10-6-11-7-12(26-2)4-5-13(11)21-17(10)27-9-15(23)20-14-8-19-18(25)22-16(14)24/h4-8H,3,9H2,1-2H3,(H,20,23)(H2,19,22,24,25). The Bertz CT molecular complexity index is 1110. The Balaban J connectivity index is 1.76. The number of carbonyl (C=O) groups excluding carboxylic acids is 1. The lowest BCUT2D eigenvalue weighted by atomic mass is 10.1. The highest BCUT2D eigenvalue weighted by molar-refractivity contribution is 8.00. The molecule has 2 aromatic heterocycles. The molecule has 1 aromatic carbocycles. The lowest BCUT2D eigenvalue weighted by Gasteiger charge is -2.10. The number of methoxy groups -OCH3 is 1. The van der Waals surface area contributed by atoms with Crippen LogP contribution in [0.1, 0.15) is 12.5 Å². The number of aromatic amines is 2. The number of hydrogen-bond acceptors (Lipinski definition) is 6. The first-order valence-corrected chi connectivity index (χ1v) is 9.21. The third-order valence-corrected chi connectivity index (χ3v) is 4.91. The second kappa shape index (κ2) is 8.09. The molecule has 0 saturated heterocycles. The number of aryl methyl sites for hydroxylation is 1. The van der Waals surface area contributed by atoms with Crippen LogP contribution < -0.4 is 21.3 Å². The van der Waals surface area contributed by atoms with Crippen LogP contribution in [0, 0.1) is 0 Å². The molecule has 2 heterocycles.